The van der Waals surface area contributed by atoms with E-state index in [-0.39, 0.29) is 5.92 Å². The van der Waals surface area contributed by atoms with Crippen molar-refractivity contribution in [3.63, 3.8) is 0 Å². The van der Waals surface area contributed by atoms with E-state index < -0.39 is 5.97 Å². The van der Waals surface area contributed by atoms with E-state index in [2.05, 4.69) is 22.0 Å². The third-order valence-electron chi connectivity index (χ3n) is 3.83. The standard InChI is InChI=1S/C17H18N2O2/c1-11(2)14-9-13(17(20)21)10-16(18-14)19-8-7-12-5-3-4-6-15(12)19/h3-6,9-11H,7-8H2,1-2H3,(H,20,21). The first-order valence-corrected chi connectivity index (χ1v) is 7.17. The van der Waals surface area contributed by atoms with Gasteiger partial charge in [0.05, 0.1) is 5.56 Å². The van der Waals surface area contributed by atoms with Crippen LogP contribution in [0.4, 0.5) is 11.5 Å². The van der Waals surface area contributed by atoms with E-state index in [1.54, 1.807) is 12.1 Å². The molecule has 2 aromatic rings. The Morgan fingerprint density at radius 2 is 2.05 bits per heavy atom. The monoisotopic (exact) mass is 282 g/mol. The number of anilines is 2. The lowest BCUT2D eigenvalue weighted by Crippen LogP contribution is -2.17. The van der Waals surface area contributed by atoms with E-state index in [4.69, 9.17) is 0 Å². The Morgan fingerprint density at radius 3 is 2.76 bits per heavy atom. The van der Waals surface area contributed by atoms with Crippen molar-refractivity contribution in [1.82, 2.24) is 4.98 Å². The average molecular weight is 282 g/mol. The number of fused-ring (bicyclic) bond motifs is 1. The Labute approximate surface area is 124 Å². The van der Waals surface area contributed by atoms with E-state index >= 15 is 0 Å². The molecule has 1 aliphatic rings. The number of carbonyl (C=O) groups is 1. The number of hydrogen-bond acceptors (Lipinski definition) is 3. The summed E-state index contributed by atoms with van der Waals surface area (Å²) >= 11 is 0. The van der Waals surface area contributed by atoms with Crippen LogP contribution in [0.25, 0.3) is 0 Å². The molecule has 1 N–H and O–H groups in total. The Kier molecular flexibility index (Phi) is 3.37. The molecule has 0 unspecified atom stereocenters. The highest BCUT2D eigenvalue weighted by molar-refractivity contribution is 5.89. The van der Waals surface area contributed by atoms with Gasteiger partial charge in [-0.2, -0.15) is 0 Å². The number of aromatic carboxylic acids is 1. The van der Waals surface area contributed by atoms with E-state index in [0.29, 0.717) is 5.56 Å². The maximum atomic E-state index is 11.3. The minimum absolute atomic E-state index is 0.195. The van der Waals surface area contributed by atoms with Gasteiger partial charge in [0.2, 0.25) is 0 Å². The Bertz CT molecular complexity index is 695. The number of rotatable bonds is 3. The number of carboxylic acid groups (broad SMARTS) is 1. The van der Waals surface area contributed by atoms with Crippen molar-refractivity contribution in [2.24, 2.45) is 0 Å². The first-order chi connectivity index (χ1) is 10.1. The predicted molar refractivity (Wildman–Crippen MR) is 82.4 cm³/mol. The summed E-state index contributed by atoms with van der Waals surface area (Å²) in [6.45, 7) is 4.89. The highest BCUT2D eigenvalue weighted by atomic mass is 16.4. The summed E-state index contributed by atoms with van der Waals surface area (Å²) in [4.78, 5) is 18.1. The molecule has 1 aliphatic heterocycles. The first kappa shape index (κ1) is 13.6. The van der Waals surface area contributed by atoms with Crippen molar-refractivity contribution in [2.75, 3.05) is 11.4 Å². The fraction of sp³-hybridized carbons (Fsp3) is 0.294. The SMILES string of the molecule is CC(C)c1cc(C(=O)O)cc(N2CCc3ccccc32)n1. The summed E-state index contributed by atoms with van der Waals surface area (Å²) in [5.74, 6) is 0.0116. The van der Waals surface area contributed by atoms with Crippen LogP contribution in [0, 0.1) is 0 Å². The van der Waals surface area contributed by atoms with E-state index in [9.17, 15) is 9.90 Å². The summed E-state index contributed by atoms with van der Waals surface area (Å²) in [6, 6.07) is 11.5. The molecule has 0 saturated heterocycles. The smallest absolute Gasteiger partial charge is 0.335 e. The molecule has 0 atom stereocenters. The van der Waals surface area contributed by atoms with Crippen LogP contribution in [0.5, 0.6) is 0 Å². The van der Waals surface area contributed by atoms with Crippen molar-refractivity contribution in [2.45, 2.75) is 26.2 Å². The number of carboxylic acids is 1. The Morgan fingerprint density at radius 1 is 1.29 bits per heavy atom. The van der Waals surface area contributed by atoms with Crippen LogP contribution in [0.2, 0.25) is 0 Å². The van der Waals surface area contributed by atoms with E-state index in [1.807, 2.05) is 26.0 Å². The van der Waals surface area contributed by atoms with Crippen LogP contribution in [0.15, 0.2) is 36.4 Å². The lowest BCUT2D eigenvalue weighted by atomic mass is 10.1. The van der Waals surface area contributed by atoms with Gasteiger partial charge in [0.15, 0.2) is 0 Å². The second-order valence-electron chi connectivity index (χ2n) is 5.63. The second kappa shape index (κ2) is 5.20. The predicted octanol–water partition coefficient (Wildman–Crippen LogP) is 3.60. The van der Waals surface area contributed by atoms with Gasteiger partial charge in [-0.15, -0.1) is 0 Å². The van der Waals surface area contributed by atoms with Gasteiger partial charge in [-0.25, -0.2) is 9.78 Å². The van der Waals surface area contributed by atoms with Gasteiger partial charge in [0.1, 0.15) is 5.82 Å². The number of aromatic nitrogens is 1. The van der Waals surface area contributed by atoms with Crippen LogP contribution in [0.3, 0.4) is 0 Å². The lowest BCUT2D eigenvalue weighted by Gasteiger charge is -2.20. The first-order valence-electron chi connectivity index (χ1n) is 7.17. The van der Waals surface area contributed by atoms with Gasteiger partial charge in [0, 0.05) is 17.9 Å². The molecule has 108 valence electrons. The molecule has 0 amide bonds. The minimum atomic E-state index is -0.909. The maximum absolute atomic E-state index is 11.3. The topological polar surface area (TPSA) is 53.4 Å². The molecule has 4 heteroatoms. The summed E-state index contributed by atoms with van der Waals surface area (Å²) in [7, 11) is 0. The summed E-state index contributed by atoms with van der Waals surface area (Å²) in [5, 5.41) is 9.31. The van der Waals surface area contributed by atoms with E-state index in [0.717, 1.165) is 30.2 Å². The average Bonchev–Trinajstić information content (AvgIpc) is 2.90. The molecule has 1 aromatic carbocycles. The molecule has 0 spiro atoms. The maximum Gasteiger partial charge on any atom is 0.335 e. The zero-order chi connectivity index (χ0) is 15.0. The van der Waals surface area contributed by atoms with Gasteiger partial charge in [-0.3, -0.25) is 0 Å². The third-order valence-corrected chi connectivity index (χ3v) is 3.83. The molecule has 0 aliphatic carbocycles. The number of hydrogen-bond donors (Lipinski definition) is 1. The molecule has 21 heavy (non-hydrogen) atoms. The molecule has 3 rings (SSSR count). The van der Waals surface area contributed by atoms with Crippen LogP contribution in [0.1, 0.15) is 41.4 Å². The number of pyridine rings is 1. The van der Waals surface area contributed by atoms with Gasteiger partial charge in [-0.05, 0) is 36.1 Å². The number of para-hydroxylation sites is 1. The molecule has 1 aromatic heterocycles. The van der Waals surface area contributed by atoms with Gasteiger partial charge < -0.3 is 10.0 Å². The highest BCUT2D eigenvalue weighted by Crippen LogP contribution is 2.34. The van der Waals surface area contributed by atoms with Crippen molar-refractivity contribution in [3.8, 4) is 0 Å². The van der Waals surface area contributed by atoms with E-state index in [1.165, 1.54) is 5.56 Å². The summed E-state index contributed by atoms with van der Waals surface area (Å²) < 4.78 is 0. The van der Waals surface area contributed by atoms with Crippen LogP contribution >= 0.6 is 0 Å². The quantitative estimate of drug-likeness (QED) is 0.934. The summed E-state index contributed by atoms with van der Waals surface area (Å²) in [6.07, 6.45) is 0.964. The molecule has 2 heterocycles. The molecule has 0 bridgehead atoms. The Balaban J connectivity index is 2.09. The fourth-order valence-electron chi connectivity index (χ4n) is 2.67. The highest BCUT2D eigenvalue weighted by Gasteiger charge is 2.22. The molecule has 0 fully saturated rings. The van der Waals surface area contributed by atoms with Gasteiger partial charge >= 0.3 is 5.97 Å². The minimum Gasteiger partial charge on any atom is -0.478 e. The zero-order valence-corrected chi connectivity index (χ0v) is 12.2. The van der Waals surface area contributed by atoms with Crippen molar-refractivity contribution >= 4 is 17.5 Å². The lowest BCUT2D eigenvalue weighted by molar-refractivity contribution is 0.0696. The molecule has 0 radical (unpaired) electrons. The number of nitrogens with zero attached hydrogens (tertiary/aromatic N) is 2. The Hall–Kier alpha value is -2.36. The second-order valence-corrected chi connectivity index (χ2v) is 5.63. The zero-order valence-electron chi connectivity index (χ0n) is 12.2. The summed E-state index contributed by atoms with van der Waals surface area (Å²) in [5.41, 5.74) is 3.52. The molecule has 4 nitrogen and oxygen atoms in total. The van der Waals surface area contributed by atoms with Gasteiger partial charge in [0.25, 0.3) is 0 Å². The van der Waals surface area contributed by atoms with Gasteiger partial charge in [-0.1, -0.05) is 32.0 Å². The molecular weight excluding hydrogens is 264 g/mol. The van der Waals surface area contributed by atoms with Crippen molar-refractivity contribution < 1.29 is 9.90 Å². The third kappa shape index (κ3) is 2.49. The molecule has 0 saturated carbocycles. The van der Waals surface area contributed by atoms with Crippen LogP contribution in [-0.2, 0) is 6.42 Å². The molecular formula is C17H18N2O2. The van der Waals surface area contributed by atoms with Crippen LogP contribution in [-0.4, -0.2) is 22.6 Å². The van der Waals surface area contributed by atoms with Crippen molar-refractivity contribution in [1.29, 1.82) is 0 Å². The van der Waals surface area contributed by atoms with Crippen LogP contribution < -0.4 is 4.90 Å². The fourth-order valence-corrected chi connectivity index (χ4v) is 2.67. The van der Waals surface area contributed by atoms with Crippen molar-refractivity contribution in [3.05, 3.63) is 53.2 Å². The largest absolute Gasteiger partial charge is 0.478 e. The normalized spacial score (nSPS) is 13.6. The number of benzene rings is 1.